The van der Waals surface area contributed by atoms with Gasteiger partial charge in [0.15, 0.2) is 0 Å². The van der Waals surface area contributed by atoms with E-state index in [9.17, 15) is 4.21 Å². The van der Waals surface area contributed by atoms with Crippen molar-refractivity contribution < 1.29 is 4.21 Å². The Morgan fingerprint density at radius 2 is 2.12 bits per heavy atom. The van der Waals surface area contributed by atoms with Crippen molar-refractivity contribution in [2.24, 2.45) is 0 Å². The first-order valence-corrected chi connectivity index (χ1v) is 7.09. The SMILES string of the molecule is Cc1cnc(CNC2CCS(=O)CC2)cn1. The molecule has 1 aromatic heterocycles. The standard InChI is InChI=1S/C11H17N3OS/c1-9-6-13-11(7-12-9)8-14-10-2-4-16(15)5-3-10/h6-7,10,14H,2-5,8H2,1H3. The molecule has 0 amide bonds. The van der Waals surface area contributed by atoms with Crippen LogP contribution in [0.25, 0.3) is 0 Å². The van der Waals surface area contributed by atoms with E-state index in [1.807, 2.05) is 13.1 Å². The van der Waals surface area contributed by atoms with Gasteiger partial charge in [-0.25, -0.2) is 0 Å². The molecule has 1 fully saturated rings. The van der Waals surface area contributed by atoms with Crippen LogP contribution >= 0.6 is 0 Å². The first-order valence-electron chi connectivity index (χ1n) is 5.60. The maximum absolute atomic E-state index is 11.2. The van der Waals surface area contributed by atoms with Gasteiger partial charge in [-0.3, -0.25) is 14.2 Å². The molecular weight excluding hydrogens is 222 g/mol. The Morgan fingerprint density at radius 1 is 1.38 bits per heavy atom. The number of rotatable bonds is 3. The summed E-state index contributed by atoms with van der Waals surface area (Å²) in [7, 11) is -0.580. The summed E-state index contributed by atoms with van der Waals surface area (Å²) in [4.78, 5) is 8.50. The second kappa shape index (κ2) is 5.50. The Labute approximate surface area is 98.3 Å². The molecule has 0 aliphatic carbocycles. The maximum atomic E-state index is 11.2. The van der Waals surface area contributed by atoms with Gasteiger partial charge in [-0.2, -0.15) is 0 Å². The first kappa shape index (κ1) is 11.7. The molecule has 88 valence electrons. The van der Waals surface area contributed by atoms with Gasteiger partial charge in [-0.1, -0.05) is 0 Å². The molecule has 0 saturated carbocycles. The van der Waals surface area contributed by atoms with Gasteiger partial charge < -0.3 is 5.32 Å². The summed E-state index contributed by atoms with van der Waals surface area (Å²) in [5.74, 6) is 1.66. The van der Waals surface area contributed by atoms with Gasteiger partial charge in [0.25, 0.3) is 0 Å². The summed E-state index contributed by atoms with van der Waals surface area (Å²) in [6.45, 7) is 2.69. The average molecular weight is 239 g/mol. The Balaban J connectivity index is 1.79. The van der Waals surface area contributed by atoms with Crippen LogP contribution in [-0.4, -0.2) is 31.7 Å². The van der Waals surface area contributed by atoms with Gasteiger partial charge >= 0.3 is 0 Å². The van der Waals surface area contributed by atoms with E-state index in [4.69, 9.17) is 0 Å². The molecule has 5 heteroatoms. The van der Waals surface area contributed by atoms with Crippen molar-refractivity contribution in [3.63, 3.8) is 0 Å². The van der Waals surface area contributed by atoms with Crippen LogP contribution in [0.2, 0.25) is 0 Å². The molecule has 0 aromatic carbocycles. The Hall–Kier alpha value is -0.810. The fourth-order valence-electron chi connectivity index (χ4n) is 1.76. The van der Waals surface area contributed by atoms with Gasteiger partial charge in [-0.05, 0) is 19.8 Å². The molecule has 4 nitrogen and oxygen atoms in total. The summed E-state index contributed by atoms with van der Waals surface area (Å²) >= 11 is 0. The lowest BCUT2D eigenvalue weighted by atomic mass is 10.1. The highest BCUT2D eigenvalue weighted by molar-refractivity contribution is 7.85. The van der Waals surface area contributed by atoms with Crippen LogP contribution in [0.5, 0.6) is 0 Å². The molecule has 0 spiro atoms. The number of aromatic nitrogens is 2. The number of aryl methyl sites for hydroxylation is 1. The monoisotopic (exact) mass is 239 g/mol. The summed E-state index contributed by atoms with van der Waals surface area (Å²) in [5.41, 5.74) is 1.91. The molecule has 2 heterocycles. The van der Waals surface area contributed by atoms with E-state index >= 15 is 0 Å². The third-order valence-corrected chi connectivity index (χ3v) is 4.18. The lowest BCUT2D eigenvalue weighted by Crippen LogP contribution is -2.35. The van der Waals surface area contributed by atoms with E-state index in [0.29, 0.717) is 6.04 Å². The Bertz CT molecular complexity index is 356. The third-order valence-electron chi connectivity index (χ3n) is 2.79. The number of hydrogen-bond acceptors (Lipinski definition) is 4. The number of nitrogens with one attached hydrogen (secondary N) is 1. The molecule has 1 aliphatic heterocycles. The Morgan fingerprint density at radius 3 is 2.75 bits per heavy atom. The van der Waals surface area contributed by atoms with Gasteiger partial charge in [0.1, 0.15) is 0 Å². The fourth-order valence-corrected chi connectivity index (χ4v) is 3.06. The van der Waals surface area contributed by atoms with Crippen molar-refractivity contribution in [1.82, 2.24) is 15.3 Å². The molecule has 0 bridgehead atoms. The lowest BCUT2D eigenvalue weighted by Gasteiger charge is -2.22. The zero-order chi connectivity index (χ0) is 11.4. The van der Waals surface area contributed by atoms with Crippen molar-refractivity contribution in [3.8, 4) is 0 Å². The molecular formula is C11H17N3OS. The van der Waals surface area contributed by atoms with E-state index in [0.717, 1.165) is 42.3 Å². The van der Waals surface area contributed by atoms with E-state index in [-0.39, 0.29) is 0 Å². The van der Waals surface area contributed by atoms with Gasteiger partial charge in [0.05, 0.1) is 11.4 Å². The highest BCUT2D eigenvalue weighted by Crippen LogP contribution is 2.09. The molecule has 1 saturated heterocycles. The lowest BCUT2D eigenvalue weighted by molar-refractivity contribution is 0.471. The van der Waals surface area contributed by atoms with Crippen LogP contribution in [0, 0.1) is 6.92 Å². The summed E-state index contributed by atoms with van der Waals surface area (Å²) in [5, 5.41) is 3.44. The second-order valence-corrected chi connectivity index (χ2v) is 5.85. The van der Waals surface area contributed by atoms with Crippen molar-refractivity contribution >= 4 is 10.8 Å². The van der Waals surface area contributed by atoms with Crippen LogP contribution in [0.1, 0.15) is 24.2 Å². The Kier molecular flexibility index (Phi) is 4.01. The second-order valence-electron chi connectivity index (χ2n) is 4.15. The van der Waals surface area contributed by atoms with Crippen LogP contribution in [0.4, 0.5) is 0 Å². The van der Waals surface area contributed by atoms with Crippen LogP contribution < -0.4 is 5.32 Å². The van der Waals surface area contributed by atoms with Crippen LogP contribution in [0.15, 0.2) is 12.4 Å². The topological polar surface area (TPSA) is 54.9 Å². The maximum Gasteiger partial charge on any atom is 0.0724 e. The minimum atomic E-state index is -0.580. The van der Waals surface area contributed by atoms with Crippen LogP contribution in [-0.2, 0) is 17.3 Å². The smallest absolute Gasteiger partial charge is 0.0724 e. The molecule has 2 rings (SSSR count). The highest BCUT2D eigenvalue weighted by atomic mass is 32.2. The van der Waals surface area contributed by atoms with E-state index in [1.165, 1.54) is 0 Å². The zero-order valence-electron chi connectivity index (χ0n) is 9.48. The molecule has 0 unspecified atom stereocenters. The number of nitrogens with zero attached hydrogens (tertiary/aromatic N) is 2. The van der Waals surface area contributed by atoms with Gasteiger partial charge in [0.2, 0.25) is 0 Å². The zero-order valence-corrected chi connectivity index (χ0v) is 10.3. The fraction of sp³-hybridized carbons (Fsp3) is 0.636. The normalized spacial score (nSPS) is 25.6. The number of hydrogen-bond donors (Lipinski definition) is 1. The predicted octanol–water partition coefficient (Wildman–Crippen LogP) is 0.786. The quantitative estimate of drug-likeness (QED) is 0.847. The van der Waals surface area contributed by atoms with Gasteiger partial charge in [0, 0.05) is 47.3 Å². The van der Waals surface area contributed by atoms with Crippen molar-refractivity contribution in [2.75, 3.05) is 11.5 Å². The highest BCUT2D eigenvalue weighted by Gasteiger charge is 2.16. The van der Waals surface area contributed by atoms with Crippen molar-refractivity contribution in [3.05, 3.63) is 23.8 Å². The third kappa shape index (κ3) is 3.35. The largest absolute Gasteiger partial charge is 0.308 e. The molecule has 1 aliphatic rings. The first-order chi connectivity index (χ1) is 7.74. The van der Waals surface area contributed by atoms with E-state index in [2.05, 4.69) is 15.3 Å². The predicted molar refractivity (Wildman–Crippen MR) is 64.5 cm³/mol. The van der Waals surface area contributed by atoms with Gasteiger partial charge in [-0.15, -0.1) is 0 Å². The average Bonchev–Trinajstić information content (AvgIpc) is 2.30. The van der Waals surface area contributed by atoms with Crippen molar-refractivity contribution in [1.29, 1.82) is 0 Å². The minimum Gasteiger partial charge on any atom is -0.308 e. The van der Waals surface area contributed by atoms with Crippen molar-refractivity contribution in [2.45, 2.75) is 32.4 Å². The molecule has 0 atom stereocenters. The molecule has 1 N–H and O–H groups in total. The molecule has 16 heavy (non-hydrogen) atoms. The molecule has 1 aromatic rings. The summed E-state index contributed by atoms with van der Waals surface area (Å²) in [6, 6.07) is 0.487. The van der Waals surface area contributed by atoms with E-state index in [1.54, 1.807) is 6.20 Å². The van der Waals surface area contributed by atoms with E-state index < -0.39 is 10.8 Å². The molecule has 0 radical (unpaired) electrons. The summed E-state index contributed by atoms with van der Waals surface area (Å²) < 4.78 is 11.2. The summed E-state index contributed by atoms with van der Waals surface area (Å²) in [6.07, 6.45) is 5.61. The minimum absolute atomic E-state index is 0.487. The van der Waals surface area contributed by atoms with Crippen LogP contribution in [0.3, 0.4) is 0 Å².